The Morgan fingerprint density at radius 1 is 1.26 bits per heavy atom. The van der Waals surface area contributed by atoms with Crippen LogP contribution in [0.3, 0.4) is 0 Å². The minimum absolute atomic E-state index is 0.0756. The lowest BCUT2D eigenvalue weighted by atomic mass is 9.95. The molecular formula is C12H19ClN4O2. The molecule has 0 aliphatic heterocycles. The molecule has 1 N–H and O–H groups in total. The van der Waals surface area contributed by atoms with E-state index in [0.29, 0.717) is 5.95 Å². The number of nitrogens with zero attached hydrogens (tertiary/aromatic N) is 3. The van der Waals surface area contributed by atoms with E-state index in [0.717, 1.165) is 32.2 Å². The first-order valence-electron chi connectivity index (χ1n) is 6.56. The van der Waals surface area contributed by atoms with Gasteiger partial charge in [-0.1, -0.05) is 0 Å². The molecule has 106 valence electrons. The Kier molecular flexibility index (Phi) is 5.15. The van der Waals surface area contributed by atoms with Gasteiger partial charge in [-0.3, -0.25) is 0 Å². The number of rotatable bonds is 5. The molecule has 1 aromatic rings. The highest BCUT2D eigenvalue weighted by molar-refractivity contribution is 6.28. The molecule has 19 heavy (non-hydrogen) atoms. The van der Waals surface area contributed by atoms with E-state index in [1.54, 1.807) is 7.11 Å². The molecule has 6 nitrogen and oxygen atoms in total. The fourth-order valence-electron chi connectivity index (χ4n) is 2.19. The average Bonchev–Trinajstić information content (AvgIpc) is 2.38. The maximum absolute atomic E-state index is 5.85. The van der Waals surface area contributed by atoms with Crippen LogP contribution in [-0.2, 0) is 4.74 Å². The van der Waals surface area contributed by atoms with Crippen LogP contribution in [0.4, 0.5) is 5.95 Å². The summed E-state index contributed by atoms with van der Waals surface area (Å²) in [6, 6.07) is 0.276. The first-order valence-corrected chi connectivity index (χ1v) is 6.94. The Balaban J connectivity index is 2.01. The number of hydrogen-bond acceptors (Lipinski definition) is 6. The molecule has 0 aromatic carbocycles. The molecule has 0 radical (unpaired) electrons. The van der Waals surface area contributed by atoms with Gasteiger partial charge in [-0.2, -0.15) is 15.0 Å². The van der Waals surface area contributed by atoms with E-state index in [-0.39, 0.29) is 23.5 Å². The molecule has 7 heteroatoms. The zero-order valence-electron chi connectivity index (χ0n) is 11.2. The third-order valence-corrected chi connectivity index (χ3v) is 3.27. The molecule has 0 amide bonds. The number of nitrogens with one attached hydrogen (secondary N) is 1. The molecule has 1 aliphatic carbocycles. The van der Waals surface area contributed by atoms with Crippen molar-refractivity contribution in [1.82, 2.24) is 15.0 Å². The van der Waals surface area contributed by atoms with Crippen LogP contribution in [0.2, 0.25) is 5.28 Å². The number of ether oxygens (including phenoxy) is 2. The number of halogens is 1. The summed E-state index contributed by atoms with van der Waals surface area (Å²) in [6.07, 6.45) is 4.34. The maximum atomic E-state index is 5.85. The van der Waals surface area contributed by atoms with E-state index >= 15 is 0 Å². The summed E-state index contributed by atoms with van der Waals surface area (Å²) in [5.74, 6) is 0.441. The minimum atomic E-state index is 0.0756. The van der Waals surface area contributed by atoms with Crippen molar-refractivity contribution in [3.63, 3.8) is 0 Å². The molecule has 0 spiro atoms. The number of methoxy groups -OCH3 is 1. The molecule has 2 unspecified atom stereocenters. The first-order chi connectivity index (χ1) is 9.21. The van der Waals surface area contributed by atoms with Gasteiger partial charge in [0.25, 0.3) is 0 Å². The van der Waals surface area contributed by atoms with Crippen molar-refractivity contribution in [1.29, 1.82) is 0 Å². The normalized spacial score (nSPS) is 23.1. The van der Waals surface area contributed by atoms with Crippen molar-refractivity contribution in [2.75, 3.05) is 19.0 Å². The van der Waals surface area contributed by atoms with Crippen LogP contribution in [0.25, 0.3) is 0 Å². The van der Waals surface area contributed by atoms with Gasteiger partial charge in [0, 0.05) is 20.1 Å². The topological polar surface area (TPSA) is 69.2 Å². The van der Waals surface area contributed by atoms with E-state index in [1.807, 2.05) is 6.92 Å². The van der Waals surface area contributed by atoms with Gasteiger partial charge in [0.05, 0.1) is 6.10 Å². The smallest absolute Gasteiger partial charge is 0.322 e. The van der Waals surface area contributed by atoms with Crippen molar-refractivity contribution in [2.45, 2.75) is 44.8 Å². The van der Waals surface area contributed by atoms with Crippen molar-refractivity contribution in [3.8, 4) is 6.01 Å². The number of aromatic nitrogens is 3. The third kappa shape index (κ3) is 4.18. The van der Waals surface area contributed by atoms with Gasteiger partial charge in [0.15, 0.2) is 0 Å². The largest absolute Gasteiger partial charge is 0.460 e. The van der Waals surface area contributed by atoms with Crippen molar-refractivity contribution in [2.24, 2.45) is 0 Å². The van der Waals surface area contributed by atoms with Gasteiger partial charge in [0.1, 0.15) is 6.10 Å². The molecule has 2 atom stereocenters. The maximum Gasteiger partial charge on any atom is 0.322 e. The van der Waals surface area contributed by atoms with E-state index < -0.39 is 0 Å². The van der Waals surface area contributed by atoms with E-state index in [9.17, 15) is 0 Å². The monoisotopic (exact) mass is 286 g/mol. The van der Waals surface area contributed by atoms with Gasteiger partial charge in [-0.15, -0.1) is 0 Å². The fraction of sp³-hybridized carbons (Fsp3) is 0.750. The van der Waals surface area contributed by atoms with Gasteiger partial charge in [-0.25, -0.2) is 0 Å². The van der Waals surface area contributed by atoms with Crippen molar-refractivity contribution < 1.29 is 9.47 Å². The lowest BCUT2D eigenvalue weighted by Gasteiger charge is -2.27. The van der Waals surface area contributed by atoms with Gasteiger partial charge < -0.3 is 14.8 Å². The van der Waals surface area contributed by atoms with Gasteiger partial charge in [-0.05, 0) is 37.8 Å². The second-order valence-electron chi connectivity index (χ2n) is 4.51. The van der Waals surface area contributed by atoms with Crippen LogP contribution in [0.1, 0.15) is 32.6 Å². The zero-order valence-corrected chi connectivity index (χ0v) is 12.0. The third-order valence-electron chi connectivity index (χ3n) is 3.11. The Morgan fingerprint density at radius 3 is 2.79 bits per heavy atom. The summed E-state index contributed by atoms with van der Waals surface area (Å²) in [6.45, 7) is 2.68. The van der Waals surface area contributed by atoms with Crippen LogP contribution in [0.5, 0.6) is 6.01 Å². The summed E-state index contributed by atoms with van der Waals surface area (Å²) in [5, 5.41) is 3.13. The summed E-state index contributed by atoms with van der Waals surface area (Å²) in [5.41, 5.74) is 0. The molecule has 1 fully saturated rings. The summed E-state index contributed by atoms with van der Waals surface area (Å²) >= 11 is 5.85. The van der Waals surface area contributed by atoms with E-state index in [1.165, 1.54) is 0 Å². The van der Waals surface area contributed by atoms with Crippen molar-refractivity contribution in [3.05, 3.63) is 5.28 Å². The van der Waals surface area contributed by atoms with Crippen LogP contribution in [0, 0.1) is 0 Å². The minimum Gasteiger partial charge on any atom is -0.460 e. The van der Waals surface area contributed by atoms with Crippen LogP contribution in [0.15, 0.2) is 0 Å². The molecule has 0 bridgehead atoms. The Bertz CT molecular complexity index is 419. The number of hydrogen-bond donors (Lipinski definition) is 1. The van der Waals surface area contributed by atoms with E-state index in [4.69, 9.17) is 21.1 Å². The van der Waals surface area contributed by atoms with Gasteiger partial charge >= 0.3 is 6.01 Å². The van der Waals surface area contributed by atoms with E-state index in [2.05, 4.69) is 20.3 Å². The zero-order chi connectivity index (χ0) is 13.7. The standard InChI is InChI=1S/C12H19ClN4O2/c1-3-14-11-15-10(13)16-12(17-11)19-9-6-4-5-8(7-9)18-2/h8-9H,3-7H2,1-2H3,(H,14,15,16,17). The Hall–Kier alpha value is -1.14. The van der Waals surface area contributed by atoms with Crippen LogP contribution >= 0.6 is 11.6 Å². The Morgan fingerprint density at radius 2 is 2.05 bits per heavy atom. The highest BCUT2D eigenvalue weighted by Gasteiger charge is 2.24. The molecule has 0 saturated heterocycles. The quantitative estimate of drug-likeness (QED) is 0.896. The molecule has 1 aromatic heterocycles. The van der Waals surface area contributed by atoms with Crippen molar-refractivity contribution >= 4 is 17.5 Å². The Labute approximate surface area is 117 Å². The highest BCUT2D eigenvalue weighted by atomic mass is 35.5. The number of anilines is 1. The van der Waals surface area contributed by atoms with Crippen LogP contribution in [-0.4, -0.2) is 40.8 Å². The molecule has 1 aliphatic rings. The average molecular weight is 287 g/mol. The second-order valence-corrected chi connectivity index (χ2v) is 4.84. The molecular weight excluding hydrogens is 268 g/mol. The predicted octanol–water partition coefficient (Wildman–Crippen LogP) is 2.29. The second kappa shape index (κ2) is 6.86. The predicted molar refractivity (Wildman–Crippen MR) is 72.7 cm³/mol. The fourth-order valence-corrected chi connectivity index (χ4v) is 2.35. The lowest BCUT2D eigenvalue weighted by Crippen LogP contribution is -2.30. The summed E-state index contributed by atoms with van der Waals surface area (Å²) in [4.78, 5) is 12.2. The highest BCUT2D eigenvalue weighted by Crippen LogP contribution is 2.24. The molecule has 1 heterocycles. The summed E-state index contributed by atoms with van der Waals surface area (Å²) < 4.78 is 11.2. The molecule has 2 rings (SSSR count). The SMILES string of the molecule is CCNc1nc(Cl)nc(OC2CCCC(OC)C2)n1. The first kappa shape index (κ1) is 14.3. The lowest BCUT2D eigenvalue weighted by molar-refractivity contribution is 0.0179. The molecule has 1 saturated carbocycles. The van der Waals surface area contributed by atoms with Gasteiger partial charge in [0.2, 0.25) is 11.2 Å². The van der Waals surface area contributed by atoms with Crippen LogP contribution < -0.4 is 10.1 Å². The summed E-state index contributed by atoms with van der Waals surface area (Å²) in [7, 11) is 1.73.